The number of aryl methyl sites for hydroxylation is 1. The van der Waals surface area contributed by atoms with Gasteiger partial charge < -0.3 is 10.1 Å². The van der Waals surface area contributed by atoms with Crippen LogP contribution in [0.2, 0.25) is 10.0 Å². The highest BCUT2D eigenvalue weighted by Crippen LogP contribution is 2.35. The first-order chi connectivity index (χ1) is 10.1. The number of hydrogen-bond donors (Lipinski definition) is 1. The number of benzene rings is 1. The van der Waals surface area contributed by atoms with Crippen molar-refractivity contribution in [2.75, 3.05) is 13.7 Å². The Labute approximate surface area is 135 Å². The molecule has 21 heavy (non-hydrogen) atoms. The number of ether oxygens (including phenoxy) is 1. The predicted octanol–water partition coefficient (Wildman–Crippen LogP) is 3.92. The van der Waals surface area contributed by atoms with Gasteiger partial charge >= 0.3 is 0 Å². The molecule has 6 heteroatoms. The van der Waals surface area contributed by atoms with Crippen molar-refractivity contribution in [3.05, 3.63) is 45.7 Å². The number of nitrogens with one attached hydrogen (secondary N) is 1. The number of methoxy groups -OCH3 is 1. The standard InChI is InChI=1S/C15H19Cl2N3O/c1-4-18-14(15-12(17)9-19-20(15)5-2)11-7-6-10(16)8-13(11)21-3/h6-9,14,18H,4-5H2,1-3H3. The Kier molecular flexibility index (Phi) is 5.51. The summed E-state index contributed by atoms with van der Waals surface area (Å²) in [6, 6.07) is 5.52. The molecule has 0 radical (unpaired) electrons. The molecule has 1 unspecified atom stereocenters. The summed E-state index contributed by atoms with van der Waals surface area (Å²) in [6.07, 6.45) is 1.67. The molecule has 2 rings (SSSR count). The lowest BCUT2D eigenvalue weighted by molar-refractivity contribution is 0.402. The zero-order valence-corrected chi connectivity index (χ0v) is 13.9. The molecule has 1 aromatic carbocycles. The molecule has 0 aliphatic rings. The van der Waals surface area contributed by atoms with E-state index in [4.69, 9.17) is 27.9 Å². The van der Waals surface area contributed by atoms with Crippen LogP contribution in [0.3, 0.4) is 0 Å². The Bertz CT molecular complexity index is 613. The summed E-state index contributed by atoms with van der Waals surface area (Å²) in [5.74, 6) is 0.730. The third-order valence-electron chi connectivity index (χ3n) is 3.32. The minimum atomic E-state index is -0.0998. The van der Waals surface area contributed by atoms with Crippen LogP contribution in [-0.2, 0) is 6.54 Å². The molecule has 1 aromatic heterocycles. The fraction of sp³-hybridized carbons (Fsp3) is 0.400. The lowest BCUT2D eigenvalue weighted by Crippen LogP contribution is -2.25. The maximum absolute atomic E-state index is 6.34. The van der Waals surface area contributed by atoms with Crippen molar-refractivity contribution < 1.29 is 4.74 Å². The van der Waals surface area contributed by atoms with E-state index in [1.165, 1.54) is 0 Å². The normalized spacial score (nSPS) is 12.4. The lowest BCUT2D eigenvalue weighted by atomic mass is 10.0. The van der Waals surface area contributed by atoms with Crippen LogP contribution in [0, 0.1) is 0 Å². The van der Waals surface area contributed by atoms with E-state index in [1.54, 1.807) is 13.3 Å². The average molecular weight is 328 g/mol. The first-order valence-electron chi connectivity index (χ1n) is 6.90. The summed E-state index contributed by atoms with van der Waals surface area (Å²) in [7, 11) is 1.64. The monoisotopic (exact) mass is 327 g/mol. The van der Waals surface area contributed by atoms with Gasteiger partial charge in [-0.25, -0.2) is 0 Å². The Balaban J connectivity index is 2.56. The summed E-state index contributed by atoms with van der Waals surface area (Å²) >= 11 is 12.4. The number of hydrogen-bond acceptors (Lipinski definition) is 3. The zero-order chi connectivity index (χ0) is 15.4. The van der Waals surface area contributed by atoms with Gasteiger partial charge in [0.25, 0.3) is 0 Å². The largest absolute Gasteiger partial charge is 0.496 e. The molecule has 0 saturated carbocycles. The van der Waals surface area contributed by atoms with Gasteiger partial charge in [0, 0.05) is 17.1 Å². The van der Waals surface area contributed by atoms with Gasteiger partial charge in [-0.2, -0.15) is 5.10 Å². The SMILES string of the molecule is CCNC(c1ccc(Cl)cc1OC)c1c(Cl)cnn1CC. The predicted molar refractivity (Wildman–Crippen MR) is 86.4 cm³/mol. The van der Waals surface area contributed by atoms with E-state index in [2.05, 4.69) is 17.3 Å². The molecule has 0 fully saturated rings. The number of rotatable bonds is 6. The van der Waals surface area contributed by atoms with Crippen molar-refractivity contribution in [1.29, 1.82) is 0 Å². The maximum atomic E-state index is 6.34. The van der Waals surface area contributed by atoms with E-state index in [-0.39, 0.29) is 6.04 Å². The van der Waals surface area contributed by atoms with Gasteiger partial charge in [-0.15, -0.1) is 0 Å². The highest BCUT2D eigenvalue weighted by atomic mass is 35.5. The first kappa shape index (κ1) is 16.1. The van der Waals surface area contributed by atoms with Crippen molar-refractivity contribution in [1.82, 2.24) is 15.1 Å². The minimum absolute atomic E-state index is 0.0998. The molecule has 0 aliphatic heterocycles. The van der Waals surface area contributed by atoms with Crippen molar-refractivity contribution in [2.45, 2.75) is 26.4 Å². The van der Waals surface area contributed by atoms with E-state index < -0.39 is 0 Å². The molecule has 1 heterocycles. The minimum Gasteiger partial charge on any atom is -0.496 e. The van der Waals surface area contributed by atoms with Gasteiger partial charge in [-0.3, -0.25) is 4.68 Å². The van der Waals surface area contributed by atoms with E-state index in [1.807, 2.05) is 29.8 Å². The third-order valence-corrected chi connectivity index (χ3v) is 3.85. The van der Waals surface area contributed by atoms with Gasteiger partial charge in [0.2, 0.25) is 0 Å². The number of halogens is 2. The Morgan fingerprint density at radius 2 is 2.10 bits per heavy atom. The molecule has 0 bridgehead atoms. The molecule has 1 N–H and O–H groups in total. The fourth-order valence-electron chi connectivity index (χ4n) is 2.39. The van der Waals surface area contributed by atoms with Gasteiger partial charge in [0.15, 0.2) is 0 Å². The highest BCUT2D eigenvalue weighted by Gasteiger charge is 2.24. The van der Waals surface area contributed by atoms with Crippen LogP contribution in [-0.4, -0.2) is 23.4 Å². The van der Waals surface area contributed by atoms with Crippen LogP contribution in [0.1, 0.15) is 31.1 Å². The van der Waals surface area contributed by atoms with Crippen LogP contribution >= 0.6 is 23.2 Å². The van der Waals surface area contributed by atoms with Gasteiger partial charge in [-0.1, -0.05) is 36.2 Å². The van der Waals surface area contributed by atoms with E-state index >= 15 is 0 Å². The molecule has 2 aromatic rings. The van der Waals surface area contributed by atoms with Gasteiger partial charge in [-0.05, 0) is 25.6 Å². The number of nitrogens with zero attached hydrogens (tertiary/aromatic N) is 2. The van der Waals surface area contributed by atoms with Gasteiger partial charge in [0.05, 0.1) is 30.1 Å². The average Bonchev–Trinajstić information content (AvgIpc) is 2.86. The summed E-state index contributed by atoms with van der Waals surface area (Å²) in [5, 5.41) is 9.03. The first-order valence-corrected chi connectivity index (χ1v) is 7.65. The van der Waals surface area contributed by atoms with Gasteiger partial charge in [0.1, 0.15) is 5.75 Å². The topological polar surface area (TPSA) is 39.1 Å². The van der Waals surface area contributed by atoms with E-state index in [0.29, 0.717) is 10.0 Å². The Hall–Kier alpha value is -1.23. The molecular formula is C15H19Cl2N3O. The van der Waals surface area contributed by atoms with Crippen LogP contribution in [0.4, 0.5) is 0 Å². The molecule has 0 aliphatic carbocycles. The Morgan fingerprint density at radius 1 is 1.33 bits per heavy atom. The second-order valence-corrected chi connectivity index (χ2v) is 5.41. The smallest absolute Gasteiger partial charge is 0.125 e. The highest BCUT2D eigenvalue weighted by molar-refractivity contribution is 6.31. The van der Waals surface area contributed by atoms with E-state index in [9.17, 15) is 0 Å². The van der Waals surface area contributed by atoms with Crippen molar-refractivity contribution in [3.63, 3.8) is 0 Å². The molecule has 1 atom stereocenters. The summed E-state index contributed by atoms with van der Waals surface area (Å²) in [6.45, 7) is 5.63. The van der Waals surface area contributed by atoms with E-state index in [0.717, 1.165) is 30.1 Å². The molecular weight excluding hydrogens is 309 g/mol. The summed E-state index contributed by atoms with van der Waals surface area (Å²) in [5.41, 5.74) is 1.92. The Morgan fingerprint density at radius 3 is 2.71 bits per heavy atom. The van der Waals surface area contributed by atoms with Crippen molar-refractivity contribution in [2.24, 2.45) is 0 Å². The molecule has 0 spiro atoms. The second-order valence-electron chi connectivity index (χ2n) is 4.57. The molecule has 4 nitrogen and oxygen atoms in total. The van der Waals surface area contributed by atoms with Crippen LogP contribution in [0.15, 0.2) is 24.4 Å². The van der Waals surface area contributed by atoms with Crippen LogP contribution in [0.25, 0.3) is 0 Å². The zero-order valence-electron chi connectivity index (χ0n) is 12.4. The van der Waals surface area contributed by atoms with Crippen molar-refractivity contribution in [3.8, 4) is 5.75 Å². The van der Waals surface area contributed by atoms with Crippen molar-refractivity contribution >= 4 is 23.2 Å². The molecule has 0 saturated heterocycles. The maximum Gasteiger partial charge on any atom is 0.125 e. The van der Waals surface area contributed by atoms with Crippen LogP contribution in [0.5, 0.6) is 5.75 Å². The molecule has 0 amide bonds. The summed E-state index contributed by atoms with van der Waals surface area (Å²) < 4.78 is 7.36. The fourth-order valence-corrected chi connectivity index (χ4v) is 2.80. The lowest BCUT2D eigenvalue weighted by Gasteiger charge is -2.22. The number of aromatic nitrogens is 2. The van der Waals surface area contributed by atoms with Crippen LogP contribution < -0.4 is 10.1 Å². The quantitative estimate of drug-likeness (QED) is 0.874. The third kappa shape index (κ3) is 3.34. The second kappa shape index (κ2) is 7.16. The molecule has 114 valence electrons. The summed E-state index contributed by atoms with van der Waals surface area (Å²) in [4.78, 5) is 0.